The van der Waals surface area contributed by atoms with Crippen molar-refractivity contribution in [2.45, 2.75) is 45.7 Å². The Balaban J connectivity index is 1.80. The van der Waals surface area contributed by atoms with Gasteiger partial charge in [0.2, 0.25) is 0 Å². The number of aliphatic hydroxyl groups excluding tert-OH is 1. The third-order valence-electron chi connectivity index (χ3n) is 6.66. The summed E-state index contributed by atoms with van der Waals surface area (Å²) >= 11 is 0. The van der Waals surface area contributed by atoms with Gasteiger partial charge in [-0.15, -0.1) is 0 Å². The smallest absolute Gasteiger partial charge is 0.295 e. The fourth-order valence-electron chi connectivity index (χ4n) is 4.73. The number of amides is 1. The van der Waals surface area contributed by atoms with Crippen LogP contribution in [0.25, 0.3) is 5.76 Å². The molecule has 7 heteroatoms. The molecule has 39 heavy (non-hydrogen) atoms. The number of nitrogens with zero attached hydrogens (tertiary/aromatic N) is 1. The highest BCUT2D eigenvalue weighted by Gasteiger charge is 2.46. The van der Waals surface area contributed by atoms with Crippen molar-refractivity contribution in [3.05, 3.63) is 95.1 Å². The lowest BCUT2D eigenvalue weighted by molar-refractivity contribution is -0.140. The lowest BCUT2D eigenvalue weighted by Crippen LogP contribution is -2.29. The van der Waals surface area contributed by atoms with Gasteiger partial charge < -0.3 is 24.2 Å². The van der Waals surface area contributed by atoms with Crippen molar-refractivity contribution in [3.63, 3.8) is 0 Å². The quantitative estimate of drug-likeness (QED) is 0.129. The number of carbonyl (C=O) groups excluding carboxylic acids is 2. The molecule has 1 aliphatic heterocycles. The second-order valence-corrected chi connectivity index (χ2v) is 9.34. The van der Waals surface area contributed by atoms with Crippen LogP contribution in [-0.2, 0) is 16.1 Å². The molecule has 3 aromatic rings. The largest absolute Gasteiger partial charge is 0.507 e. The summed E-state index contributed by atoms with van der Waals surface area (Å²) < 4.78 is 17.2. The number of benzene rings is 3. The van der Waals surface area contributed by atoms with Gasteiger partial charge in [-0.05, 0) is 48.7 Å². The Morgan fingerprint density at radius 1 is 0.897 bits per heavy atom. The molecule has 0 radical (unpaired) electrons. The molecule has 0 saturated carbocycles. The summed E-state index contributed by atoms with van der Waals surface area (Å²) in [5, 5.41) is 11.4. The average molecular weight is 530 g/mol. The summed E-state index contributed by atoms with van der Waals surface area (Å²) in [6.07, 6.45) is 3.09. The molecule has 3 aromatic carbocycles. The van der Waals surface area contributed by atoms with E-state index in [1.54, 1.807) is 43.5 Å². The van der Waals surface area contributed by atoms with E-state index in [-0.39, 0.29) is 17.9 Å². The van der Waals surface area contributed by atoms with Gasteiger partial charge in [-0.25, -0.2) is 0 Å². The molecule has 1 saturated heterocycles. The van der Waals surface area contributed by atoms with Gasteiger partial charge in [0.25, 0.3) is 11.7 Å². The fraction of sp³-hybridized carbons (Fsp3) is 0.312. The van der Waals surface area contributed by atoms with E-state index in [0.29, 0.717) is 41.6 Å². The number of unbranched alkanes of at least 4 members (excludes halogenated alkanes) is 2. The lowest BCUT2D eigenvalue weighted by atomic mass is 9.94. The number of likely N-dealkylation sites (tertiary alicyclic amines) is 1. The van der Waals surface area contributed by atoms with Crippen molar-refractivity contribution in [2.75, 3.05) is 20.3 Å². The number of ketones is 1. The summed E-state index contributed by atoms with van der Waals surface area (Å²) in [7, 11) is 1.55. The van der Waals surface area contributed by atoms with Gasteiger partial charge in [0.15, 0.2) is 11.5 Å². The zero-order chi connectivity index (χ0) is 27.8. The van der Waals surface area contributed by atoms with Crippen LogP contribution >= 0.6 is 0 Å². The van der Waals surface area contributed by atoms with Crippen molar-refractivity contribution >= 4 is 17.4 Å². The van der Waals surface area contributed by atoms with E-state index in [9.17, 15) is 14.7 Å². The standard InChI is InChI=1S/C32H35NO6/c1-4-6-10-18-39-26-17-16-23(20-27(26)37-3)29-28(30(34)24-14-11-15-25(19-24)38-5-2)31(35)32(36)33(29)21-22-12-8-7-9-13-22/h7-9,11-17,19-20,29,34H,4-6,10,18,21H2,1-3H3/b30-28+. The lowest BCUT2D eigenvalue weighted by Gasteiger charge is -2.26. The molecule has 204 valence electrons. The molecular weight excluding hydrogens is 494 g/mol. The zero-order valence-electron chi connectivity index (χ0n) is 22.7. The second-order valence-electron chi connectivity index (χ2n) is 9.34. The first-order valence-corrected chi connectivity index (χ1v) is 13.3. The Morgan fingerprint density at radius 3 is 2.41 bits per heavy atom. The van der Waals surface area contributed by atoms with Crippen LogP contribution in [0.4, 0.5) is 0 Å². The number of hydrogen-bond acceptors (Lipinski definition) is 6. The maximum absolute atomic E-state index is 13.4. The number of carbonyl (C=O) groups is 2. The second kappa shape index (κ2) is 13.0. The van der Waals surface area contributed by atoms with Crippen molar-refractivity contribution in [2.24, 2.45) is 0 Å². The molecule has 1 N–H and O–H groups in total. The van der Waals surface area contributed by atoms with Crippen LogP contribution in [0.2, 0.25) is 0 Å². The molecule has 0 spiro atoms. The van der Waals surface area contributed by atoms with E-state index in [2.05, 4.69) is 6.92 Å². The summed E-state index contributed by atoms with van der Waals surface area (Å²) in [6, 6.07) is 20.9. The van der Waals surface area contributed by atoms with Crippen molar-refractivity contribution < 1.29 is 28.9 Å². The molecule has 0 aliphatic carbocycles. The fourth-order valence-corrected chi connectivity index (χ4v) is 4.73. The van der Waals surface area contributed by atoms with E-state index in [4.69, 9.17) is 14.2 Å². The Morgan fingerprint density at radius 2 is 1.69 bits per heavy atom. The molecule has 1 heterocycles. The Hall–Kier alpha value is -4.26. The van der Waals surface area contributed by atoms with E-state index in [1.807, 2.05) is 43.3 Å². The monoisotopic (exact) mass is 529 g/mol. The first-order valence-electron chi connectivity index (χ1n) is 13.3. The molecule has 0 bridgehead atoms. The van der Waals surface area contributed by atoms with Crippen LogP contribution in [0, 0.1) is 0 Å². The van der Waals surface area contributed by atoms with Crippen LogP contribution in [0.5, 0.6) is 17.2 Å². The highest BCUT2D eigenvalue weighted by Crippen LogP contribution is 2.43. The van der Waals surface area contributed by atoms with Crippen LogP contribution in [0.3, 0.4) is 0 Å². The van der Waals surface area contributed by atoms with Crippen molar-refractivity contribution in [1.29, 1.82) is 0 Å². The Bertz CT molecular complexity index is 1330. The first kappa shape index (κ1) is 27.8. The third-order valence-corrected chi connectivity index (χ3v) is 6.66. The molecule has 1 amide bonds. The van der Waals surface area contributed by atoms with Gasteiger partial charge in [-0.1, -0.05) is 68.3 Å². The molecule has 1 unspecified atom stereocenters. The SMILES string of the molecule is CCCCCOc1ccc(C2/C(=C(\O)c3cccc(OCC)c3)C(=O)C(=O)N2Cc2ccccc2)cc1OC. The van der Waals surface area contributed by atoms with Crippen LogP contribution in [-0.4, -0.2) is 42.0 Å². The highest BCUT2D eigenvalue weighted by atomic mass is 16.5. The topological polar surface area (TPSA) is 85.3 Å². The number of aliphatic hydroxyl groups is 1. The zero-order valence-corrected chi connectivity index (χ0v) is 22.7. The number of rotatable bonds is 12. The highest BCUT2D eigenvalue weighted by molar-refractivity contribution is 6.46. The van der Waals surface area contributed by atoms with Crippen LogP contribution in [0.15, 0.2) is 78.4 Å². The summed E-state index contributed by atoms with van der Waals surface area (Å²) in [5.41, 5.74) is 1.91. The Labute approximate surface area is 229 Å². The van der Waals surface area contributed by atoms with E-state index in [1.165, 1.54) is 4.90 Å². The van der Waals surface area contributed by atoms with Crippen LogP contribution < -0.4 is 14.2 Å². The minimum Gasteiger partial charge on any atom is -0.507 e. The van der Waals surface area contributed by atoms with Gasteiger partial charge in [-0.3, -0.25) is 9.59 Å². The molecule has 1 fully saturated rings. The van der Waals surface area contributed by atoms with E-state index >= 15 is 0 Å². The number of Topliss-reactive ketones (excluding diaryl/α,β-unsaturated/α-hetero) is 1. The molecule has 7 nitrogen and oxygen atoms in total. The van der Waals surface area contributed by atoms with E-state index in [0.717, 1.165) is 24.8 Å². The maximum atomic E-state index is 13.4. The first-order chi connectivity index (χ1) is 19.0. The average Bonchev–Trinajstić information content (AvgIpc) is 3.20. The maximum Gasteiger partial charge on any atom is 0.295 e. The molecule has 1 atom stereocenters. The normalized spacial score (nSPS) is 16.4. The minimum atomic E-state index is -0.830. The van der Waals surface area contributed by atoms with Gasteiger partial charge in [0.1, 0.15) is 11.5 Å². The summed E-state index contributed by atoms with van der Waals surface area (Å²) in [6.45, 7) is 5.22. The predicted molar refractivity (Wildman–Crippen MR) is 150 cm³/mol. The van der Waals surface area contributed by atoms with Gasteiger partial charge in [0, 0.05) is 12.1 Å². The number of methoxy groups -OCH3 is 1. The van der Waals surface area contributed by atoms with Crippen molar-refractivity contribution in [3.8, 4) is 17.2 Å². The molecule has 0 aromatic heterocycles. The van der Waals surface area contributed by atoms with E-state index < -0.39 is 17.7 Å². The molecular formula is C32H35NO6. The molecule has 4 rings (SSSR count). The molecule has 1 aliphatic rings. The van der Waals surface area contributed by atoms with Crippen LogP contribution in [0.1, 0.15) is 55.8 Å². The van der Waals surface area contributed by atoms with Gasteiger partial charge >= 0.3 is 0 Å². The van der Waals surface area contributed by atoms with Gasteiger partial charge in [-0.2, -0.15) is 0 Å². The summed E-state index contributed by atoms with van der Waals surface area (Å²) in [4.78, 5) is 28.3. The predicted octanol–water partition coefficient (Wildman–Crippen LogP) is 6.28. The Kier molecular flexibility index (Phi) is 9.26. The summed E-state index contributed by atoms with van der Waals surface area (Å²) in [5.74, 6) is -0.0362. The van der Waals surface area contributed by atoms with Crippen molar-refractivity contribution in [1.82, 2.24) is 4.90 Å². The number of hydrogen-bond donors (Lipinski definition) is 1. The van der Waals surface area contributed by atoms with Gasteiger partial charge in [0.05, 0.1) is 31.9 Å². The third kappa shape index (κ3) is 6.25. The number of ether oxygens (including phenoxy) is 3. The minimum absolute atomic E-state index is 0.0169.